The lowest BCUT2D eigenvalue weighted by atomic mass is 10.1. The van der Waals surface area contributed by atoms with Gasteiger partial charge in [0, 0.05) is 19.2 Å². The molecule has 1 aromatic rings. The first kappa shape index (κ1) is 15.4. The molecule has 0 saturated heterocycles. The van der Waals surface area contributed by atoms with Crippen molar-refractivity contribution < 1.29 is 14.3 Å². The lowest BCUT2D eigenvalue weighted by Gasteiger charge is -2.15. The molecule has 104 valence electrons. The SMILES string of the molecule is COC(CCCCC(C)=O)C(=O)Nc1ccccc1. The number of carbonyl (C=O) groups excluding carboxylic acids is 2. The van der Waals surface area contributed by atoms with Crippen molar-refractivity contribution in [1.82, 2.24) is 0 Å². The summed E-state index contributed by atoms with van der Waals surface area (Å²) in [4.78, 5) is 22.8. The van der Waals surface area contributed by atoms with Crippen molar-refractivity contribution in [3.8, 4) is 0 Å². The fourth-order valence-electron chi connectivity index (χ4n) is 1.80. The summed E-state index contributed by atoms with van der Waals surface area (Å²) in [6, 6.07) is 9.29. The van der Waals surface area contributed by atoms with Crippen molar-refractivity contribution in [1.29, 1.82) is 0 Å². The Bertz CT molecular complexity index is 403. The summed E-state index contributed by atoms with van der Waals surface area (Å²) in [5.41, 5.74) is 0.762. The number of anilines is 1. The van der Waals surface area contributed by atoms with E-state index in [1.54, 1.807) is 6.92 Å². The number of amides is 1. The molecule has 0 radical (unpaired) electrons. The Balaban J connectivity index is 2.37. The van der Waals surface area contributed by atoms with Gasteiger partial charge in [-0.3, -0.25) is 4.79 Å². The van der Waals surface area contributed by atoms with Crippen LogP contribution >= 0.6 is 0 Å². The van der Waals surface area contributed by atoms with Gasteiger partial charge in [-0.1, -0.05) is 18.2 Å². The van der Waals surface area contributed by atoms with Crippen LogP contribution in [0.4, 0.5) is 5.69 Å². The number of benzene rings is 1. The second-order valence-corrected chi connectivity index (χ2v) is 4.53. The Labute approximate surface area is 114 Å². The molecule has 1 atom stereocenters. The van der Waals surface area contributed by atoms with E-state index in [9.17, 15) is 9.59 Å². The highest BCUT2D eigenvalue weighted by atomic mass is 16.5. The first-order valence-corrected chi connectivity index (χ1v) is 6.51. The van der Waals surface area contributed by atoms with E-state index in [1.165, 1.54) is 7.11 Å². The molecule has 1 unspecified atom stereocenters. The maximum atomic E-state index is 12.0. The summed E-state index contributed by atoms with van der Waals surface area (Å²) in [5, 5.41) is 2.81. The molecule has 1 rings (SSSR count). The van der Waals surface area contributed by atoms with Crippen LogP contribution in [0.15, 0.2) is 30.3 Å². The molecule has 0 heterocycles. The maximum Gasteiger partial charge on any atom is 0.253 e. The zero-order valence-electron chi connectivity index (χ0n) is 11.5. The molecule has 0 aliphatic rings. The van der Waals surface area contributed by atoms with Crippen LogP contribution in [0.5, 0.6) is 0 Å². The summed E-state index contributed by atoms with van der Waals surface area (Å²) in [6.45, 7) is 1.58. The number of ketones is 1. The number of Topliss-reactive ketones (excluding diaryl/α,β-unsaturated/α-hetero) is 1. The minimum absolute atomic E-state index is 0.142. The Kier molecular flexibility index (Phi) is 6.82. The minimum atomic E-state index is -0.466. The van der Waals surface area contributed by atoms with Gasteiger partial charge < -0.3 is 14.8 Å². The van der Waals surface area contributed by atoms with Crippen LogP contribution in [0.25, 0.3) is 0 Å². The van der Waals surface area contributed by atoms with E-state index < -0.39 is 6.10 Å². The molecule has 0 spiro atoms. The number of nitrogens with one attached hydrogen (secondary N) is 1. The molecule has 0 aromatic heterocycles. The van der Waals surface area contributed by atoms with Crippen LogP contribution in [0.3, 0.4) is 0 Å². The number of rotatable bonds is 8. The third-order valence-corrected chi connectivity index (χ3v) is 2.86. The van der Waals surface area contributed by atoms with Gasteiger partial charge in [-0.05, 0) is 38.3 Å². The van der Waals surface area contributed by atoms with Crippen LogP contribution in [-0.2, 0) is 14.3 Å². The first-order valence-electron chi connectivity index (χ1n) is 6.51. The Hall–Kier alpha value is -1.68. The molecule has 1 N–H and O–H groups in total. The molecule has 0 aliphatic carbocycles. The van der Waals surface area contributed by atoms with Crippen LogP contribution in [0, 0.1) is 0 Å². The van der Waals surface area contributed by atoms with Gasteiger partial charge in [0.25, 0.3) is 5.91 Å². The van der Waals surface area contributed by atoms with E-state index in [0.29, 0.717) is 12.8 Å². The standard InChI is InChI=1S/C15H21NO3/c1-12(17)8-6-7-11-14(19-2)15(18)16-13-9-4-3-5-10-13/h3-5,9-10,14H,6-8,11H2,1-2H3,(H,16,18). The molecule has 19 heavy (non-hydrogen) atoms. The van der Waals surface area contributed by atoms with Gasteiger partial charge in [0.2, 0.25) is 0 Å². The second kappa shape index (κ2) is 8.43. The lowest BCUT2D eigenvalue weighted by Crippen LogP contribution is -2.29. The van der Waals surface area contributed by atoms with Gasteiger partial charge in [0.15, 0.2) is 0 Å². The molecule has 0 saturated carbocycles. The second-order valence-electron chi connectivity index (χ2n) is 4.53. The molecule has 4 heteroatoms. The van der Waals surface area contributed by atoms with Crippen molar-refractivity contribution in [2.45, 2.75) is 38.7 Å². The van der Waals surface area contributed by atoms with Gasteiger partial charge in [-0.2, -0.15) is 0 Å². The monoisotopic (exact) mass is 263 g/mol. The number of hydrogen-bond acceptors (Lipinski definition) is 3. The van der Waals surface area contributed by atoms with Gasteiger partial charge in [-0.25, -0.2) is 0 Å². The van der Waals surface area contributed by atoms with Gasteiger partial charge in [-0.15, -0.1) is 0 Å². The molecular weight excluding hydrogens is 242 g/mol. The number of unbranched alkanes of at least 4 members (excludes halogenated alkanes) is 1. The molecule has 0 fully saturated rings. The molecular formula is C15H21NO3. The Morgan fingerprint density at radius 1 is 1.21 bits per heavy atom. The molecule has 0 bridgehead atoms. The fraction of sp³-hybridized carbons (Fsp3) is 0.467. The Morgan fingerprint density at radius 3 is 2.47 bits per heavy atom. The number of hydrogen-bond donors (Lipinski definition) is 1. The van der Waals surface area contributed by atoms with Crippen molar-refractivity contribution in [3.05, 3.63) is 30.3 Å². The molecule has 1 amide bonds. The largest absolute Gasteiger partial charge is 0.372 e. The van der Waals surface area contributed by atoms with E-state index >= 15 is 0 Å². The molecule has 1 aromatic carbocycles. The summed E-state index contributed by atoms with van der Waals surface area (Å²) in [5.74, 6) is 0.0410. The number of carbonyl (C=O) groups is 2. The average Bonchev–Trinajstić information content (AvgIpc) is 2.39. The summed E-state index contributed by atoms with van der Waals surface area (Å²) in [7, 11) is 1.53. The quantitative estimate of drug-likeness (QED) is 0.734. The van der Waals surface area contributed by atoms with Gasteiger partial charge in [0.05, 0.1) is 0 Å². The average molecular weight is 263 g/mol. The van der Waals surface area contributed by atoms with Crippen LogP contribution in [0.1, 0.15) is 32.6 Å². The van der Waals surface area contributed by atoms with Crippen molar-refractivity contribution in [2.75, 3.05) is 12.4 Å². The van der Waals surface area contributed by atoms with E-state index in [4.69, 9.17) is 4.74 Å². The highest BCUT2D eigenvalue weighted by Gasteiger charge is 2.17. The van der Waals surface area contributed by atoms with E-state index in [1.807, 2.05) is 30.3 Å². The number of para-hydroxylation sites is 1. The molecule has 4 nitrogen and oxygen atoms in total. The van der Waals surface area contributed by atoms with Gasteiger partial charge in [0.1, 0.15) is 11.9 Å². The lowest BCUT2D eigenvalue weighted by molar-refractivity contribution is -0.126. The van der Waals surface area contributed by atoms with Crippen LogP contribution < -0.4 is 5.32 Å². The zero-order valence-corrected chi connectivity index (χ0v) is 11.5. The normalized spacial score (nSPS) is 11.9. The fourth-order valence-corrected chi connectivity index (χ4v) is 1.80. The molecule has 0 aliphatic heterocycles. The number of ether oxygens (including phenoxy) is 1. The van der Waals surface area contributed by atoms with E-state index in [-0.39, 0.29) is 11.7 Å². The predicted octanol–water partition coefficient (Wildman–Crippen LogP) is 2.79. The first-order chi connectivity index (χ1) is 9.13. The van der Waals surface area contributed by atoms with E-state index in [2.05, 4.69) is 5.32 Å². The Morgan fingerprint density at radius 2 is 1.89 bits per heavy atom. The smallest absolute Gasteiger partial charge is 0.253 e. The van der Waals surface area contributed by atoms with Gasteiger partial charge >= 0.3 is 0 Å². The highest BCUT2D eigenvalue weighted by Crippen LogP contribution is 2.11. The zero-order chi connectivity index (χ0) is 14.1. The van der Waals surface area contributed by atoms with Crippen molar-refractivity contribution in [2.24, 2.45) is 0 Å². The summed E-state index contributed by atoms with van der Waals surface area (Å²) < 4.78 is 5.19. The number of methoxy groups -OCH3 is 1. The third-order valence-electron chi connectivity index (χ3n) is 2.86. The minimum Gasteiger partial charge on any atom is -0.372 e. The van der Waals surface area contributed by atoms with E-state index in [0.717, 1.165) is 18.5 Å². The summed E-state index contributed by atoms with van der Waals surface area (Å²) in [6.07, 6.45) is 2.33. The maximum absolute atomic E-state index is 12.0. The summed E-state index contributed by atoms with van der Waals surface area (Å²) >= 11 is 0. The van der Waals surface area contributed by atoms with Crippen molar-refractivity contribution >= 4 is 17.4 Å². The third kappa shape index (κ3) is 6.15. The van der Waals surface area contributed by atoms with Crippen LogP contribution in [0.2, 0.25) is 0 Å². The predicted molar refractivity (Wildman–Crippen MR) is 75.0 cm³/mol. The topological polar surface area (TPSA) is 55.4 Å². The van der Waals surface area contributed by atoms with Crippen LogP contribution in [-0.4, -0.2) is 24.9 Å². The van der Waals surface area contributed by atoms with Crippen molar-refractivity contribution in [3.63, 3.8) is 0 Å². The highest BCUT2D eigenvalue weighted by molar-refractivity contribution is 5.94.